The summed E-state index contributed by atoms with van der Waals surface area (Å²) in [7, 11) is 0. The lowest BCUT2D eigenvalue weighted by molar-refractivity contribution is 1.18. The van der Waals surface area contributed by atoms with E-state index in [-0.39, 0.29) is 5.56 Å². The number of fused-ring (bicyclic) bond motifs is 1. The molecule has 15 heavy (non-hydrogen) atoms. The molecule has 3 rings (SSSR count). The van der Waals surface area contributed by atoms with Gasteiger partial charge in [0.15, 0.2) is 0 Å². The minimum atomic E-state index is -0.105. The summed E-state index contributed by atoms with van der Waals surface area (Å²) in [6.45, 7) is 0. The molecule has 0 saturated carbocycles. The summed E-state index contributed by atoms with van der Waals surface area (Å²) in [4.78, 5) is 23.3. The summed E-state index contributed by atoms with van der Waals surface area (Å²) < 4.78 is 0. The summed E-state index contributed by atoms with van der Waals surface area (Å²) in [5.74, 6) is 0. The van der Waals surface area contributed by atoms with Crippen LogP contribution in [0.25, 0.3) is 20.8 Å². The summed E-state index contributed by atoms with van der Waals surface area (Å²) in [6.07, 6.45) is 3.15. The second-order valence-corrected chi connectivity index (χ2v) is 4.65. The molecule has 0 spiro atoms. The van der Waals surface area contributed by atoms with Crippen LogP contribution >= 0.6 is 22.7 Å². The molecule has 3 heterocycles. The van der Waals surface area contributed by atoms with Crippen molar-refractivity contribution in [3.05, 3.63) is 33.6 Å². The topological polar surface area (TPSA) is 58.6 Å². The van der Waals surface area contributed by atoms with Crippen molar-refractivity contribution >= 4 is 32.9 Å². The van der Waals surface area contributed by atoms with E-state index in [1.165, 1.54) is 29.0 Å². The Kier molecular flexibility index (Phi) is 1.90. The van der Waals surface area contributed by atoms with Crippen molar-refractivity contribution in [3.63, 3.8) is 0 Å². The third-order valence-electron chi connectivity index (χ3n) is 2.04. The van der Waals surface area contributed by atoms with Gasteiger partial charge in [-0.05, 0) is 0 Å². The molecule has 0 radical (unpaired) electrons. The van der Waals surface area contributed by atoms with Crippen molar-refractivity contribution in [3.8, 4) is 10.6 Å². The van der Waals surface area contributed by atoms with Gasteiger partial charge < -0.3 is 4.98 Å². The molecule has 0 saturated heterocycles. The van der Waals surface area contributed by atoms with E-state index >= 15 is 0 Å². The van der Waals surface area contributed by atoms with Gasteiger partial charge in [-0.25, -0.2) is 9.97 Å². The minimum Gasteiger partial charge on any atom is -0.313 e. The number of H-pyrrole nitrogens is 1. The minimum absolute atomic E-state index is 0.105. The average Bonchev–Trinajstić information content (AvgIpc) is 2.85. The lowest BCUT2D eigenvalue weighted by atomic mass is 10.2. The van der Waals surface area contributed by atoms with Gasteiger partial charge in [-0.2, -0.15) is 0 Å². The number of aromatic nitrogens is 3. The molecule has 0 aromatic carbocycles. The Morgan fingerprint density at radius 3 is 3.00 bits per heavy atom. The van der Waals surface area contributed by atoms with Gasteiger partial charge in [0.05, 0.1) is 11.7 Å². The van der Waals surface area contributed by atoms with Crippen LogP contribution in [0.3, 0.4) is 0 Å². The summed E-state index contributed by atoms with van der Waals surface area (Å²) in [6, 6.07) is 0. The molecule has 0 bridgehead atoms. The zero-order valence-corrected chi connectivity index (χ0v) is 9.06. The fraction of sp³-hybridized carbons (Fsp3) is 0. The molecule has 3 aromatic rings. The molecule has 0 aliphatic rings. The summed E-state index contributed by atoms with van der Waals surface area (Å²) in [5, 5.41) is 5.31. The van der Waals surface area contributed by atoms with E-state index in [2.05, 4.69) is 15.0 Å². The number of rotatable bonds is 1. The number of thiophene rings is 1. The fourth-order valence-corrected chi connectivity index (χ4v) is 3.03. The molecular weight excluding hydrogens is 230 g/mol. The first kappa shape index (κ1) is 8.75. The number of hydrogen-bond acceptors (Lipinski definition) is 5. The van der Waals surface area contributed by atoms with Gasteiger partial charge in [-0.1, -0.05) is 0 Å². The fourth-order valence-electron chi connectivity index (χ4n) is 1.40. The predicted molar refractivity (Wildman–Crippen MR) is 61.3 cm³/mol. The number of hydrogen-bond donors (Lipinski definition) is 1. The molecule has 3 aromatic heterocycles. The van der Waals surface area contributed by atoms with Gasteiger partial charge in [0, 0.05) is 22.5 Å². The summed E-state index contributed by atoms with van der Waals surface area (Å²) >= 11 is 2.98. The van der Waals surface area contributed by atoms with E-state index in [9.17, 15) is 4.79 Å². The van der Waals surface area contributed by atoms with Crippen molar-refractivity contribution in [1.82, 2.24) is 15.0 Å². The average molecular weight is 235 g/mol. The Morgan fingerprint density at radius 2 is 2.20 bits per heavy atom. The van der Waals surface area contributed by atoms with Crippen LogP contribution in [-0.4, -0.2) is 15.0 Å². The Hall–Kier alpha value is -1.53. The lowest BCUT2D eigenvalue weighted by Crippen LogP contribution is -2.05. The van der Waals surface area contributed by atoms with Crippen LogP contribution < -0.4 is 5.56 Å². The lowest BCUT2D eigenvalue weighted by Gasteiger charge is -1.91. The number of nitrogens with one attached hydrogen (secondary N) is 1. The molecule has 0 fully saturated rings. The highest BCUT2D eigenvalue weighted by molar-refractivity contribution is 7.18. The first-order valence-corrected chi connectivity index (χ1v) is 5.97. The maximum Gasteiger partial charge on any atom is 0.260 e. The molecule has 0 aliphatic carbocycles. The van der Waals surface area contributed by atoms with Gasteiger partial charge in [0.1, 0.15) is 9.84 Å². The number of aromatic amines is 1. The maximum atomic E-state index is 11.6. The SMILES string of the molecule is O=c1[nH]cnc2scc(-c3nccs3)c12. The Morgan fingerprint density at radius 1 is 1.27 bits per heavy atom. The van der Waals surface area contributed by atoms with Gasteiger partial charge >= 0.3 is 0 Å². The van der Waals surface area contributed by atoms with E-state index in [4.69, 9.17) is 0 Å². The zero-order valence-electron chi connectivity index (χ0n) is 7.43. The van der Waals surface area contributed by atoms with E-state index in [1.54, 1.807) is 6.20 Å². The molecule has 0 amide bonds. The first-order valence-electron chi connectivity index (χ1n) is 4.21. The number of nitrogens with zero attached hydrogens (tertiary/aromatic N) is 2. The predicted octanol–water partition coefficient (Wildman–Crippen LogP) is 2.11. The van der Waals surface area contributed by atoms with E-state index in [1.807, 2.05) is 10.8 Å². The van der Waals surface area contributed by atoms with Crippen molar-refractivity contribution in [2.24, 2.45) is 0 Å². The molecule has 74 valence electrons. The molecule has 0 aliphatic heterocycles. The highest BCUT2D eigenvalue weighted by Gasteiger charge is 2.11. The second kappa shape index (κ2) is 3.25. The van der Waals surface area contributed by atoms with Gasteiger partial charge in [0.25, 0.3) is 5.56 Å². The number of thiazole rings is 1. The van der Waals surface area contributed by atoms with Crippen molar-refractivity contribution in [2.75, 3.05) is 0 Å². The standard InChI is InChI=1S/C9H5N3OS2/c13-7-6-5(8-10-1-2-14-8)3-15-9(6)12-4-11-7/h1-4H,(H,11,12,13). The monoisotopic (exact) mass is 235 g/mol. The van der Waals surface area contributed by atoms with Gasteiger partial charge in [0.2, 0.25) is 0 Å². The Bertz CT molecular complexity index is 653. The van der Waals surface area contributed by atoms with Crippen molar-refractivity contribution < 1.29 is 0 Å². The third-order valence-corrected chi connectivity index (χ3v) is 3.73. The molecule has 6 heteroatoms. The van der Waals surface area contributed by atoms with Crippen LogP contribution in [0.4, 0.5) is 0 Å². The molecule has 1 N–H and O–H groups in total. The third kappa shape index (κ3) is 1.30. The quantitative estimate of drug-likeness (QED) is 0.702. The van der Waals surface area contributed by atoms with E-state index in [0.29, 0.717) is 5.39 Å². The van der Waals surface area contributed by atoms with Crippen LogP contribution in [0, 0.1) is 0 Å². The van der Waals surface area contributed by atoms with Gasteiger partial charge in [-0.15, -0.1) is 22.7 Å². The molecular formula is C9H5N3OS2. The van der Waals surface area contributed by atoms with Crippen LogP contribution in [0.2, 0.25) is 0 Å². The van der Waals surface area contributed by atoms with Crippen LogP contribution in [0.1, 0.15) is 0 Å². The maximum absolute atomic E-state index is 11.6. The normalized spacial score (nSPS) is 10.9. The first-order chi connectivity index (χ1) is 7.36. The largest absolute Gasteiger partial charge is 0.313 e. The van der Waals surface area contributed by atoms with Crippen LogP contribution in [0.5, 0.6) is 0 Å². The highest BCUT2D eigenvalue weighted by Crippen LogP contribution is 2.31. The van der Waals surface area contributed by atoms with Crippen LogP contribution in [-0.2, 0) is 0 Å². The molecule has 4 nitrogen and oxygen atoms in total. The van der Waals surface area contributed by atoms with E-state index in [0.717, 1.165) is 15.4 Å². The highest BCUT2D eigenvalue weighted by atomic mass is 32.1. The Balaban J connectivity index is 2.43. The smallest absolute Gasteiger partial charge is 0.260 e. The Labute approximate surface area is 92.3 Å². The summed E-state index contributed by atoms with van der Waals surface area (Å²) in [5.41, 5.74) is 0.769. The van der Waals surface area contributed by atoms with Crippen molar-refractivity contribution in [1.29, 1.82) is 0 Å². The molecule has 0 atom stereocenters. The molecule has 0 unspecified atom stereocenters. The van der Waals surface area contributed by atoms with Crippen molar-refractivity contribution in [2.45, 2.75) is 0 Å². The van der Waals surface area contributed by atoms with E-state index < -0.39 is 0 Å². The van der Waals surface area contributed by atoms with Gasteiger partial charge in [-0.3, -0.25) is 4.79 Å². The zero-order chi connectivity index (χ0) is 10.3. The second-order valence-electron chi connectivity index (χ2n) is 2.90. The van der Waals surface area contributed by atoms with Crippen LogP contribution in [0.15, 0.2) is 28.1 Å².